The highest BCUT2D eigenvalue weighted by molar-refractivity contribution is 5.91. The van der Waals surface area contributed by atoms with Gasteiger partial charge in [0.2, 0.25) is 0 Å². The standard InChI is InChI=1S/C17H30N2O8/c1-18(2,3)10-12(7-14(20)21)26-16(24)9-17(25)27-13(8-15(22)23)11-19(4,5)6/h12-13H,7-11H2,1-6H3. The van der Waals surface area contributed by atoms with Crippen molar-refractivity contribution in [2.45, 2.75) is 31.5 Å². The minimum atomic E-state index is -1.37. The van der Waals surface area contributed by atoms with Crippen LogP contribution >= 0.6 is 0 Å². The number of likely N-dealkylation sites (N-methyl/N-ethyl adjacent to an activating group) is 2. The molecule has 0 heterocycles. The number of esters is 2. The number of carbonyl (C=O) groups is 4. The van der Waals surface area contributed by atoms with Gasteiger partial charge in [0.05, 0.1) is 42.3 Å². The predicted octanol–water partition coefficient (Wildman–Crippen LogP) is -3.11. The van der Waals surface area contributed by atoms with Crippen LogP contribution in [0, 0.1) is 0 Å². The maximum absolute atomic E-state index is 11.9. The van der Waals surface area contributed by atoms with Crippen molar-refractivity contribution in [3.63, 3.8) is 0 Å². The first-order valence-electron chi connectivity index (χ1n) is 8.47. The van der Waals surface area contributed by atoms with Gasteiger partial charge in [-0.05, 0) is 0 Å². The molecule has 0 saturated carbocycles. The molecule has 2 atom stereocenters. The average molecular weight is 390 g/mol. The van der Waals surface area contributed by atoms with Gasteiger partial charge in [-0.3, -0.25) is 9.59 Å². The van der Waals surface area contributed by atoms with Crippen LogP contribution in [0.3, 0.4) is 0 Å². The van der Waals surface area contributed by atoms with Gasteiger partial charge in [-0.25, -0.2) is 0 Å². The van der Waals surface area contributed by atoms with E-state index in [1.165, 1.54) is 0 Å². The molecule has 0 N–H and O–H groups in total. The van der Waals surface area contributed by atoms with E-state index in [9.17, 15) is 29.4 Å². The molecule has 0 fully saturated rings. The molecule has 0 aliphatic heterocycles. The highest BCUT2D eigenvalue weighted by Gasteiger charge is 2.26. The Morgan fingerprint density at radius 1 is 0.704 bits per heavy atom. The maximum atomic E-state index is 11.9. The number of hydrogen-bond donors (Lipinski definition) is 0. The summed E-state index contributed by atoms with van der Waals surface area (Å²) in [6.45, 7) is 0.424. The largest absolute Gasteiger partial charge is 0.550 e. The fourth-order valence-electron chi connectivity index (χ4n) is 2.45. The summed E-state index contributed by atoms with van der Waals surface area (Å²) in [5, 5.41) is 21.6. The van der Waals surface area contributed by atoms with Gasteiger partial charge in [0.15, 0.2) is 12.2 Å². The highest BCUT2D eigenvalue weighted by Crippen LogP contribution is 2.09. The maximum Gasteiger partial charge on any atom is 0.317 e. The van der Waals surface area contributed by atoms with Crippen molar-refractivity contribution in [3.8, 4) is 0 Å². The SMILES string of the molecule is C[N+](C)(C)CC(CC(=O)[O-])OC(=O)CC(=O)OC(CC(=O)[O-])C[N+](C)(C)C. The van der Waals surface area contributed by atoms with Crippen molar-refractivity contribution >= 4 is 23.9 Å². The number of quaternary nitrogens is 2. The molecule has 0 aliphatic carbocycles. The van der Waals surface area contributed by atoms with E-state index in [0.717, 1.165) is 0 Å². The van der Waals surface area contributed by atoms with E-state index in [1.807, 2.05) is 0 Å². The second-order valence-electron chi connectivity index (χ2n) is 8.50. The summed E-state index contributed by atoms with van der Waals surface area (Å²) in [5.41, 5.74) is 0. The topological polar surface area (TPSA) is 133 Å². The molecule has 0 saturated heterocycles. The number of carboxylic acid groups (broad SMARTS) is 2. The Bertz CT molecular complexity index is 500. The van der Waals surface area contributed by atoms with Crippen LogP contribution in [-0.2, 0) is 28.7 Å². The van der Waals surface area contributed by atoms with Crippen molar-refractivity contribution in [2.75, 3.05) is 55.4 Å². The Balaban J connectivity index is 4.80. The number of nitrogens with zero attached hydrogens (tertiary/aromatic N) is 2. The molecule has 0 aromatic carbocycles. The number of carboxylic acids is 2. The average Bonchev–Trinajstić information content (AvgIpc) is 2.30. The summed E-state index contributed by atoms with van der Waals surface area (Å²) in [4.78, 5) is 45.5. The number of hydrogen-bond acceptors (Lipinski definition) is 8. The van der Waals surface area contributed by atoms with Crippen molar-refractivity contribution in [3.05, 3.63) is 0 Å². The van der Waals surface area contributed by atoms with Crippen molar-refractivity contribution < 1.29 is 47.8 Å². The van der Waals surface area contributed by atoms with Crippen molar-refractivity contribution in [2.24, 2.45) is 0 Å². The molecule has 0 aliphatic rings. The number of carbonyl (C=O) groups excluding carboxylic acids is 4. The van der Waals surface area contributed by atoms with Gasteiger partial charge in [-0.15, -0.1) is 0 Å². The fourth-order valence-corrected chi connectivity index (χ4v) is 2.45. The Morgan fingerprint density at radius 3 is 1.22 bits per heavy atom. The van der Waals surface area contributed by atoms with Gasteiger partial charge in [-0.1, -0.05) is 0 Å². The van der Waals surface area contributed by atoms with E-state index in [2.05, 4.69) is 0 Å². The smallest absolute Gasteiger partial charge is 0.317 e. The normalized spacial score (nSPS) is 14.1. The molecule has 2 unspecified atom stereocenters. The number of aliphatic carboxylic acids is 2. The predicted molar refractivity (Wildman–Crippen MR) is 89.4 cm³/mol. The third-order valence-electron chi connectivity index (χ3n) is 3.18. The van der Waals surface area contributed by atoms with E-state index >= 15 is 0 Å². The van der Waals surface area contributed by atoms with Gasteiger partial charge in [0, 0.05) is 24.8 Å². The summed E-state index contributed by atoms with van der Waals surface area (Å²) < 4.78 is 10.8. The number of rotatable bonds is 12. The minimum absolute atomic E-state index is 0.212. The quantitative estimate of drug-likeness (QED) is 0.194. The molecular weight excluding hydrogens is 360 g/mol. The first-order valence-corrected chi connectivity index (χ1v) is 8.47. The molecule has 0 spiro atoms. The molecule has 0 aromatic rings. The van der Waals surface area contributed by atoms with Crippen LogP contribution in [0.25, 0.3) is 0 Å². The van der Waals surface area contributed by atoms with E-state index in [-0.39, 0.29) is 13.1 Å². The molecule has 10 heteroatoms. The molecule has 0 radical (unpaired) electrons. The Morgan fingerprint density at radius 2 is 1.00 bits per heavy atom. The minimum Gasteiger partial charge on any atom is -0.550 e. The lowest BCUT2D eigenvalue weighted by atomic mass is 10.2. The Hall–Kier alpha value is -2.20. The Kier molecular flexibility index (Phi) is 9.38. The lowest BCUT2D eigenvalue weighted by Gasteiger charge is -2.30. The lowest BCUT2D eigenvalue weighted by Crippen LogP contribution is -2.46. The summed E-state index contributed by atoms with van der Waals surface area (Å²) >= 11 is 0. The molecule has 27 heavy (non-hydrogen) atoms. The monoisotopic (exact) mass is 390 g/mol. The Labute approximate surface area is 159 Å². The zero-order valence-corrected chi connectivity index (χ0v) is 16.9. The molecule has 0 bridgehead atoms. The van der Waals surface area contributed by atoms with E-state index < -0.39 is 55.3 Å². The van der Waals surface area contributed by atoms with Crippen molar-refractivity contribution in [1.29, 1.82) is 0 Å². The second-order valence-corrected chi connectivity index (χ2v) is 8.50. The first-order chi connectivity index (χ1) is 12.1. The van der Waals surface area contributed by atoms with E-state index in [1.54, 1.807) is 42.3 Å². The first kappa shape index (κ1) is 24.8. The third-order valence-corrected chi connectivity index (χ3v) is 3.18. The van der Waals surface area contributed by atoms with E-state index in [0.29, 0.717) is 8.97 Å². The zero-order valence-electron chi connectivity index (χ0n) is 16.9. The zero-order chi connectivity index (χ0) is 21.4. The van der Waals surface area contributed by atoms with Crippen LogP contribution in [0.1, 0.15) is 19.3 Å². The summed E-state index contributed by atoms with van der Waals surface area (Å²) in [7, 11) is 10.7. The van der Waals surface area contributed by atoms with Crippen LogP contribution in [0.5, 0.6) is 0 Å². The van der Waals surface area contributed by atoms with Crippen LogP contribution < -0.4 is 10.2 Å². The van der Waals surface area contributed by atoms with Gasteiger partial charge in [0.25, 0.3) is 0 Å². The van der Waals surface area contributed by atoms with Gasteiger partial charge < -0.3 is 38.2 Å². The molecule has 0 amide bonds. The summed E-state index contributed by atoms with van der Waals surface area (Å²) in [5.74, 6) is -4.64. The molecule has 0 rings (SSSR count). The van der Waals surface area contributed by atoms with Gasteiger partial charge in [-0.2, -0.15) is 0 Å². The van der Waals surface area contributed by atoms with Crippen LogP contribution in [0.15, 0.2) is 0 Å². The van der Waals surface area contributed by atoms with Crippen LogP contribution in [0.2, 0.25) is 0 Å². The highest BCUT2D eigenvalue weighted by atomic mass is 16.6. The van der Waals surface area contributed by atoms with Crippen LogP contribution in [-0.4, -0.2) is 100 Å². The second kappa shape index (κ2) is 10.2. The van der Waals surface area contributed by atoms with Crippen LogP contribution in [0.4, 0.5) is 0 Å². The van der Waals surface area contributed by atoms with E-state index in [4.69, 9.17) is 9.47 Å². The van der Waals surface area contributed by atoms with Gasteiger partial charge >= 0.3 is 11.9 Å². The fraction of sp³-hybridized carbons (Fsp3) is 0.765. The molecule has 10 nitrogen and oxygen atoms in total. The molecule has 156 valence electrons. The lowest BCUT2D eigenvalue weighted by molar-refractivity contribution is -0.873. The van der Waals surface area contributed by atoms with Crippen molar-refractivity contribution in [1.82, 2.24) is 0 Å². The number of ether oxygens (including phenoxy) is 2. The molecular formula is C17H30N2O8. The molecule has 0 aromatic heterocycles. The third kappa shape index (κ3) is 14.6. The van der Waals surface area contributed by atoms with Gasteiger partial charge in [0.1, 0.15) is 19.5 Å². The summed E-state index contributed by atoms with van der Waals surface area (Å²) in [6, 6.07) is 0. The summed E-state index contributed by atoms with van der Waals surface area (Å²) in [6.07, 6.45) is -3.65.